The molecule has 2 aromatic carbocycles. The number of nitrogens with one attached hydrogen (secondary N) is 2. The Balaban J connectivity index is 1.64. The first kappa shape index (κ1) is 14.7. The molecule has 26 heavy (non-hydrogen) atoms. The molecule has 0 saturated carbocycles. The lowest BCUT2D eigenvalue weighted by Crippen LogP contribution is -2.19. The smallest absolute Gasteiger partial charge is 0.211 e. The van der Waals surface area contributed by atoms with E-state index in [1.165, 1.54) is 0 Å². The highest BCUT2D eigenvalue weighted by atomic mass is 15.3. The molecular weight excluding hydrogens is 324 g/mol. The molecule has 0 bridgehead atoms. The monoisotopic (exact) mass is 340 g/mol. The van der Waals surface area contributed by atoms with Gasteiger partial charge in [0.1, 0.15) is 0 Å². The van der Waals surface area contributed by atoms with E-state index in [1.54, 1.807) is 6.20 Å². The van der Waals surface area contributed by atoms with Crippen LogP contribution in [0.5, 0.6) is 0 Å². The Hall–Kier alpha value is -3.67. The number of rotatable bonds is 4. The van der Waals surface area contributed by atoms with Gasteiger partial charge in [-0.05, 0) is 36.4 Å². The first-order valence-corrected chi connectivity index (χ1v) is 8.44. The molecule has 5 rings (SSSR count). The van der Waals surface area contributed by atoms with Crippen LogP contribution in [0.15, 0.2) is 72.9 Å². The van der Waals surface area contributed by atoms with Crippen molar-refractivity contribution in [3.05, 3.63) is 78.6 Å². The standard InChI is InChI=1S/C20H16N6/c1-2-9-16-15(8-1)22-19(23-16)26(13-14-7-5-6-12-21-14)20-24-17-10-3-4-11-18(17)25-20/h1-12H,13H2,(H,22,23)(H,24,25). The van der Waals surface area contributed by atoms with E-state index in [4.69, 9.17) is 9.97 Å². The number of fused-ring (bicyclic) bond motifs is 2. The van der Waals surface area contributed by atoms with Crippen molar-refractivity contribution in [3.8, 4) is 0 Å². The number of nitrogens with zero attached hydrogens (tertiary/aromatic N) is 4. The maximum Gasteiger partial charge on any atom is 0.211 e. The normalized spacial score (nSPS) is 11.2. The van der Waals surface area contributed by atoms with Crippen LogP contribution in [-0.4, -0.2) is 24.9 Å². The lowest BCUT2D eigenvalue weighted by Gasteiger charge is -2.18. The summed E-state index contributed by atoms with van der Waals surface area (Å²) in [5, 5.41) is 0. The van der Waals surface area contributed by atoms with Crippen LogP contribution in [-0.2, 0) is 6.54 Å². The zero-order valence-electron chi connectivity index (χ0n) is 13.9. The number of benzene rings is 2. The Kier molecular flexibility index (Phi) is 3.38. The van der Waals surface area contributed by atoms with Crippen molar-refractivity contribution in [2.75, 3.05) is 4.90 Å². The molecule has 0 aliphatic heterocycles. The van der Waals surface area contributed by atoms with Crippen LogP contribution in [0, 0.1) is 0 Å². The minimum Gasteiger partial charge on any atom is -0.324 e. The van der Waals surface area contributed by atoms with E-state index in [2.05, 4.69) is 15.0 Å². The van der Waals surface area contributed by atoms with E-state index < -0.39 is 0 Å². The van der Waals surface area contributed by atoms with Crippen LogP contribution in [0.1, 0.15) is 5.69 Å². The second kappa shape index (κ2) is 6.00. The van der Waals surface area contributed by atoms with Gasteiger partial charge in [0, 0.05) is 6.20 Å². The van der Waals surface area contributed by atoms with Gasteiger partial charge in [0.05, 0.1) is 34.3 Å². The van der Waals surface area contributed by atoms with Crippen LogP contribution in [0.2, 0.25) is 0 Å². The molecule has 0 spiro atoms. The van der Waals surface area contributed by atoms with Crippen LogP contribution in [0.4, 0.5) is 11.9 Å². The SMILES string of the molecule is c1ccc(CN(c2nc3ccccc3[nH]2)c2nc3ccccc3[nH]2)nc1. The van der Waals surface area contributed by atoms with Gasteiger partial charge in [-0.3, -0.25) is 9.88 Å². The molecule has 3 aromatic heterocycles. The van der Waals surface area contributed by atoms with Crippen molar-refractivity contribution in [1.29, 1.82) is 0 Å². The molecule has 0 amide bonds. The number of imidazole rings is 2. The van der Waals surface area contributed by atoms with E-state index in [1.807, 2.05) is 71.6 Å². The van der Waals surface area contributed by atoms with E-state index >= 15 is 0 Å². The molecule has 126 valence electrons. The van der Waals surface area contributed by atoms with Gasteiger partial charge in [0.15, 0.2) is 0 Å². The zero-order valence-corrected chi connectivity index (χ0v) is 13.9. The Bertz CT molecular complexity index is 1030. The number of anilines is 2. The summed E-state index contributed by atoms with van der Waals surface area (Å²) in [6.45, 7) is 0.556. The fourth-order valence-corrected chi connectivity index (χ4v) is 3.04. The Morgan fingerprint density at radius 2 is 1.27 bits per heavy atom. The molecule has 0 unspecified atom stereocenters. The predicted octanol–water partition coefficient (Wildman–Crippen LogP) is 4.17. The van der Waals surface area contributed by atoms with Gasteiger partial charge in [0.25, 0.3) is 0 Å². The third-order valence-electron chi connectivity index (χ3n) is 4.31. The third kappa shape index (κ3) is 2.57. The van der Waals surface area contributed by atoms with Gasteiger partial charge in [-0.25, -0.2) is 9.97 Å². The van der Waals surface area contributed by atoms with Gasteiger partial charge in [-0.15, -0.1) is 0 Å². The van der Waals surface area contributed by atoms with Gasteiger partial charge in [0.2, 0.25) is 11.9 Å². The molecule has 3 heterocycles. The van der Waals surface area contributed by atoms with Crippen LogP contribution in [0.25, 0.3) is 22.1 Å². The number of pyridine rings is 1. The molecular formula is C20H16N6. The lowest BCUT2D eigenvalue weighted by atomic mass is 10.3. The number of aromatic nitrogens is 5. The number of hydrogen-bond acceptors (Lipinski definition) is 4. The molecule has 0 aliphatic rings. The summed E-state index contributed by atoms with van der Waals surface area (Å²) in [5.74, 6) is 1.46. The van der Waals surface area contributed by atoms with E-state index in [0.29, 0.717) is 6.54 Å². The largest absolute Gasteiger partial charge is 0.324 e. The highest BCUT2D eigenvalue weighted by Gasteiger charge is 2.18. The van der Waals surface area contributed by atoms with Crippen molar-refractivity contribution < 1.29 is 0 Å². The van der Waals surface area contributed by atoms with Gasteiger partial charge in [-0.2, -0.15) is 0 Å². The molecule has 0 fully saturated rings. The minimum atomic E-state index is 0.556. The highest BCUT2D eigenvalue weighted by molar-refractivity contribution is 5.81. The topological polar surface area (TPSA) is 73.5 Å². The average molecular weight is 340 g/mol. The quantitative estimate of drug-likeness (QED) is 0.515. The summed E-state index contributed by atoms with van der Waals surface area (Å²) in [6, 6.07) is 21.9. The second-order valence-corrected chi connectivity index (χ2v) is 6.06. The van der Waals surface area contributed by atoms with Crippen molar-refractivity contribution in [2.24, 2.45) is 0 Å². The van der Waals surface area contributed by atoms with Gasteiger partial charge in [-0.1, -0.05) is 30.3 Å². The lowest BCUT2D eigenvalue weighted by molar-refractivity contribution is 0.868. The molecule has 6 heteroatoms. The molecule has 5 aromatic rings. The van der Waals surface area contributed by atoms with E-state index in [9.17, 15) is 0 Å². The highest BCUT2D eigenvalue weighted by Crippen LogP contribution is 2.26. The first-order chi connectivity index (χ1) is 12.9. The molecule has 6 nitrogen and oxygen atoms in total. The van der Waals surface area contributed by atoms with Crippen molar-refractivity contribution in [2.45, 2.75) is 6.54 Å². The fraction of sp³-hybridized carbons (Fsp3) is 0.0500. The average Bonchev–Trinajstić information content (AvgIpc) is 3.30. The Morgan fingerprint density at radius 3 is 1.81 bits per heavy atom. The predicted molar refractivity (Wildman–Crippen MR) is 102 cm³/mol. The third-order valence-corrected chi connectivity index (χ3v) is 4.31. The minimum absolute atomic E-state index is 0.556. The molecule has 0 saturated heterocycles. The maximum absolute atomic E-state index is 4.74. The summed E-state index contributed by atoms with van der Waals surface area (Å²) >= 11 is 0. The fourth-order valence-electron chi connectivity index (χ4n) is 3.04. The van der Waals surface area contributed by atoms with E-state index in [-0.39, 0.29) is 0 Å². The number of aromatic amines is 2. The first-order valence-electron chi connectivity index (χ1n) is 8.44. The van der Waals surface area contributed by atoms with Crippen molar-refractivity contribution in [3.63, 3.8) is 0 Å². The number of hydrogen-bond donors (Lipinski definition) is 2. The summed E-state index contributed by atoms with van der Waals surface area (Å²) < 4.78 is 0. The van der Waals surface area contributed by atoms with E-state index in [0.717, 1.165) is 39.7 Å². The maximum atomic E-state index is 4.74. The van der Waals surface area contributed by atoms with Gasteiger partial charge < -0.3 is 9.97 Å². The summed E-state index contributed by atoms with van der Waals surface area (Å²) in [4.78, 5) is 22.7. The van der Waals surface area contributed by atoms with Crippen molar-refractivity contribution in [1.82, 2.24) is 24.9 Å². The number of H-pyrrole nitrogens is 2. The van der Waals surface area contributed by atoms with Crippen LogP contribution in [0.3, 0.4) is 0 Å². The van der Waals surface area contributed by atoms with Crippen molar-refractivity contribution >= 4 is 34.0 Å². The Morgan fingerprint density at radius 1 is 0.692 bits per heavy atom. The van der Waals surface area contributed by atoms with Gasteiger partial charge >= 0.3 is 0 Å². The molecule has 0 atom stereocenters. The number of para-hydroxylation sites is 4. The second-order valence-electron chi connectivity index (χ2n) is 6.06. The Labute approximate surface area is 149 Å². The summed E-state index contributed by atoms with van der Waals surface area (Å²) in [6.07, 6.45) is 1.80. The molecule has 2 N–H and O–H groups in total. The zero-order chi connectivity index (χ0) is 17.3. The summed E-state index contributed by atoms with van der Waals surface area (Å²) in [7, 11) is 0. The molecule has 0 aliphatic carbocycles. The van der Waals surface area contributed by atoms with Crippen LogP contribution < -0.4 is 4.90 Å². The molecule has 0 radical (unpaired) electrons. The van der Waals surface area contributed by atoms with Crippen LogP contribution >= 0.6 is 0 Å². The summed E-state index contributed by atoms with van der Waals surface area (Å²) in [5.41, 5.74) is 4.76.